The fourth-order valence-electron chi connectivity index (χ4n) is 2.98. The molecule has 0 bridgehead atoms. The number of aromatic nitrogens is 4. The molecule has 0 aromatic carbocycles. The average Bonchev–Trinajstić information content (AvgIpc) is 3.07. The molecule has 0 radical (unpaired) electrons. The third kappa shape index (κ3) is 4.09. The van der Waals surface area contributed by atoms with E-state index in [4.69, 9.17) is 26.8 Å². The fourth-order valence-corrected chi connectivity index (χ4v) is 3.20. The van der Waals surface area contributed by atoms with E-state index in [2.05, 4.69) is 15.0 Å². The highest BCUT2D eigenvalue weighted by Crippen LogP contribution is 2.36. The zero-order valence-electron chi connectivity index (χ0n) is 16.2. The van der Waals surface area contributed by atoms with Gasteiger partial charge in [0.1, 0.15) is 5.52 Å². The van der Waals surface area contributed by atoms with Gasteiger partial charge in [-0.1, -0.05) is 18.5 Å². The number of carbonyl (C=O) groups excluding carboxylic acids is 2. The molecule has 0 aliphatic carbocycles. The highest BCUT2D eigenvalue weighted by molar-refractivity contribution is 6.33. The highest BCUT2D eigenvalue weighted by atomic mass is 35.5. The van der Waals surface area contributed by atoms with Crippen LogP contribution in [0.1, 0.15) is 39.7 Å². The SMILES string of the molecule is CCOC(=O)C(CC(CC)n1cnc2c(Cl)nc(N)nc21)(C(=O)O)C(=O)OCC. The Labute approximate surface area is 171 Å². The molecule has 0 amide bonds. The van der Waals surface area contributed by atoms with Gasteiger partial charge in [-0.2, -0.15) is 9.97 Å². The minimum absolute atomic E-state index is 0.0291. The monoisotopic (exact) mass is 427 g/mol. The number of carboxylic acid groups (broad SMARTS) is 1. The summed E-state index contributed by atoms with van der Waals surface area (Å²) >= 11 is 6.04. The van der Waals surface area contributed by atoms with E-state index in [1.54, 1.807) is 6.92 Å². The molecule has 1 unspecified atom stereocenters. The first-order chi connectivity index (χ1) is 13.7. The zero-order chi connectivity index (χ0) is 21.8. The lowest BCUT2D eigenvalue weighted by atomic mass is 9.80. The molecule has 0 saturated carbocycles. The van der Waals surface area contributed by atoms with Crippen molar-refractivity contribution in [3.63, 3.8) is 0 Å². The summed E-state index contributed by atoms with van der Waals surface area (Å²) in [5.41, 5.74) is 3.61. The molecule has 2 aromatic heterocycles. The van der Waals surface area contributed by atoms with Crippen LogP contribution in [0.15, 0.2) is 6.33 Å². The van der Waals surface area contributed by atoms with Gasteiger partial charge < -0.3 is 24.9 Å². The molecule has 2 heterocycles. The third-order valence-electron chi connectivity index (χ3n) is 4.42. The lowest BCUT2D eigenvalue weighted by molar-refractivity contribution is -0.182. The van der Waals surface area contributed by atoms with Gasteiger partial charge in [-0.25, -0.2) is 4.98 Å². The number of fused-ring (bicyclic) bond motifs is 1. The van der Waals surface area contributed by atoms with Crippen molar-refractivity contribution in [1.82, 2.24) is 19.5 Å². The van der Waals surface area contributed by atoms with Crippen LogP contribution >= 0.6 is 11.6 Å². The summed E-state index contributed by atoms with van der Waals surface area (Å²) in [5.74, 6) is -4.15. The predicted molar refractivity (Wildman–Crippen MR) is 102 cm³/mol. The number of anilines is 1. The molecule has 1 atom stereocenters. The Kier molecular flexibility index (Phi) is 6.96. The third-order valence-corrected chi connectivity index (χ3v) is 4.68. The van der Waals surface area contributed by atoms with Gasteiger partial charge in [0.25, 0.3) is 5.41 Å². The predicted octanol–water partition coefficient (Wildman–Crippen LogP) is 1.60. The van der Waals surface area contributed by atoms with Crippen molar-refractivity contribution < 1.29 is 29.0 Å². The van der Waals surface area contributed by atoms with Crippen molar-refractivity contribution in [3.8, 4) is 0 Å². The maximum atomic E-state index is 12.6. The van der Waals surface area contributed by atoms with Crippen LogP contribution in [-0.4, -0.2) is 55.7 Å². The Balaban J connectivity index is 2.59. The summed E-state index contributed by atoms with van der Waals surface area (Å²) < 4.78 is 11.3. The van der Waals surface area contributed by atoms with Crippen molar-refractivity contribution in [2.45, 2.75) is 39.7 Å². The highest BCUT2D eigenvalue weighted by Gasteiger charge is 2.57. The first-order valence-corrected chi connectivity index (χ1v) is 9.33. The summed E-state index contributed by atoms with van der Waals surface area (Å²) in [6.07, 6.45) is 1.27. The van der Waals surface area contributed by atoms with Crippen LogP contribution in [0.5, 0.6) is 0 Å². The molecular formula is C17H22ClN5O6. The number of carboxylic acids is 1. The van der Waals surface area contributed by atoms with Crippen LogP contribution < -0.4 is 5.73 Å². The van der Waals surface area contributed by atoms with E-state index in [1.807, 2.05) is 0 Å². The number of hydrogen-bond acceptors (Lipinski definition) is 9. The Hall–Kier alpha value is -2.95. The normalized spacial score (nSPS) is 12.6. The molecule has 29 heavy (non-hydrogen) atoms. The molecule has 11 nitrogen and oxygen atoms in total. The number of nitrogen functional groups attached to an aromatic ring is 1. The number of nitrogens with two attached hydrogens (primary N) is 1. The first-order valence-electron chi connectivity index (χ1n) is 8.96. The number of halogens is 1. The van der Waals surface area contributed by atoms with Gasteiger partial charge >= 0.3 is 17.9 Å². The maximum absolute atomic E-state index is 12.6. The summed E-state index contributed by atoms with van der Waals surface area (Å²) in [7, 11) is 0. The molecule has 12 heteroatoms. The van der Waals surface area contributed by atoms with Gasteiger partial charge in [-0.3, -0.25) is 14.4 Å². The van der Waals surface area contributed by atoms with Crippen LogP contribution in [0.25, 0.3) is 11.2 Å². The number of esters is 2. The Morgan fingerprint density at radius 2 is 1.79 bits per heavy atom. The minimum atomic E-state index is -2.55. The van der Waals surface area contributed by atoms with E-state index < -0.39 is 35.8 Å². The van der Waals surface area contributed by atoms with Gasteiger partial charge in [-0.05, 0) is 20.3 Å². The minimum Gasteiger partial charge on any atom is -0.480 e. The second-order valence-corrected chi connectivity index (χ2v) is 6.47. The van der Waals surface area contributed by atoms with Crippen molar-refractivity contribution in [1.29, 1.82) is 0 Å². The molecule has 158 valence electrons. The number of hydrogen-bond donors (Lipinski definition) is 2. The lowest BCUT2D eigenvalue weighted by Crippen LogP contribution is -2.50. The molecule has 2 rings (SSSR count). The number of ether oxygens (including phenoxy) is 2. The number of imidazole rings is 1. The van der Waals surface area contributed by atoms with Crippen LogP contribution in [0.2, 0.25) is 5.15 Å². The van der Waals surface area contributed by atoms with Gasteiger partial charge in [0.05, 0.1) is 19.5 Å². The van der Waals surface area contributed by atoms with Crippen molar-refractivity contribution >= 4 is 46.6 Å². The van der Waals surface area contributed by atoms with Crippen molar-refractivity contribution in [3.05, 3.63) is 11.5 Å². The molecule has 2 aromatic rings. The summed E-state index contributed by atoms with van der Waals surface area (Å²) in [6.45, 7) is 4.58. The molecule has 0 aliphatic heterocycles. The Bertz CT molecular complexity index is 912. The van der Waals surface area contributed by atoms with E-state index in [-0.39, 0.29) is 35.5 Å². The van der Waals surface area contributed by atoms with Gasteiger partial charge in [0, 0.05) is 12.5 Å². The number of rotatable bonds is 9. The van der Waals surface area contributed by atoms with Crippen molar-refractivity contribution in [2.24, 2.45) is 5.41 Å². The largest absolute Gasteiger partial charge is 0.480 e. The smallest absolute Gasteiger partial charge is 0.335 e. The molecule has 3 N–H and O–H groups in total. The fraction of sp³-hybridized carbons (Fsp3) is 0.529. The van der Waals surface area contributed by atoms with Crippen LogP contribution in [0.4, 0.5) is 5.95 Å². The van der Waals surface area contributed by atoms with Gasteiger partial charge in [0.15, 0.2) is 10.8 Å². The number of carbonyl (C=O) groups is 3. The van der Waals surface area contributed by atoms with Crippen molar-refractivity contribution in [2.75, 3.05) is 18.9 Å². The van der Waals surface area contributed by atoms with Crippen LogP contribution in [0.3, 0.4) is 0 Å². The molecule has 0 fully saturated rings. The second-order valence-electron chi connectivity index (χ2n) is 6.11. The van der Waals surface area contributed by atoms with E-state index in [1.165, 1.54) is 24.7 Å². The molecular weight excluding hydrogens is 406 g/mol. The molecule has 0 aliphatic rings. The average molecular weight is 428 g/mol. The Morgan fingerprint density at radius 3 is 2.28 bits per heavy atom. The molecule has 0 spiro atoms. The standard InChI is InChI=1S/C17H22ClN5O6/c1-4-9(23-8-20-10-11(18)21-16(19)22-12(10)23)7-17(13(24)25,14(26)28-5-2)15(27)29-6-3/h8-9H,4-7H2,1-3H3,(H,24,25)(H2,19,21,22). The number of nitrogens with zero attached hydrogens (tertiary/aromatic N) is 4. The van der Waals surface area contributed by atoms with Crippen LogP contribution in [0, 0.1) is 5.41 Å². The summed E-state index contributed by atoms with van der Waals surface area (Å²) in [4.78, 5) is 49.5. The number of aliphatic carboxylic acids is 1. The maximum Gasteiger partial charge on any atom is 0.335 e. The lowest BCUT2D eigenvalue weighted by Gasteiger charge is -2.29. The first kappa shape index (κ1) is 22.3. The van der Waals surface area contributed by atoms with E-state index >= 15 is 0 Å². The van der Waals surface area contributed by atoms with Gasteiger partial charge in [-0.15, -0.1) is 0 Å². The topological polar surface area (TPSA) is 160 Å². The summed E-state index contributed by atoms with van der Waals surface area (Å²) in [6, 6.07) is -0.685. The Morgan fingerprint density at radius 1 is 1.21 bits per heavy atom. The second kappa shape index (κ2) is 9.03. The quantitative estimate of drug-likeness (QED) is 0.341. The van der Waals surface area contributed by atoms with Gasteiger partial charge in [0.2, 0.25) is 5.95 Å². The van der Waals surface area contributed by atoms with E-state index in [0.29, 0.717) is 6.42 Å². The van der Waals surface area contributed by atoms with E-state index in [9.17, 15) is 19.5 Å². The van der Waals surface area contributed by atoms with Crippen LogP contribution in [-0.2, 0) is 23.9 Å². The zero-order valence-corrected chi connectivity index (χ0v) is 17.0. The van der Waals surface area contributed by atoms with E-state index in [0.717, 1.165) is 0 Å². The molecule has 0 saturated heterocycles. The summed E-state index contributed by atoms with van der Waals surface area (Å²) in [5, 5.41) is 9.90.